The lowest BCUT2D eigenvalue weighted by Gasteiger charge is -2.41. The average molecular weight is 295 g/mol. The van der Waals surface area contributed by atoms with Crippen molar-refractivity contribution in [2.24, 2.45) is 5.41 Å². The van der Waals surface area contributed by atoms with Gasteiger partial charge < -0.3 is 9.80 Å². The first kappa shape index (κ1) is 14.0. The fourth-order valence-electron chi connectivity index (χ4n) is 4.39. The van der Waals surface area contributed by atoms with Crippen LogP contribution in [0.2, 0.25) is 0 Å². The van der Waals surface area contributed by atoms with E-state index in [1.165, 1.54) is 55.7 Å². The molecular formula is C19H25N3. The lowest BCUT2D eigenvalue weighted by Crippen LogP contribution is -2.45. The molecule has 1 unspecified atom stereocenters. The second kappa shape index (κ2) is 5.24. The first-order valence-electron chi connectivity index (χ1n) is 8.45. The van der Waals surface area contributed by atoms with E-state index in [1.54, 1.807) is 0 Å². The minimum Gasteiger partial charge on any atom is -0.356 e. The van der Waals surface area contributed by atoms with Crippen molar-refractivity contribution in [2.75, 3.05) is 38.1 Å². The summed E-state index contributed by atoms with van der Waals surface area (Å²) >= 11 is 0. The Morgan fingerprint density at radius 1 is 1.09 bits per heavy atom. The van der Waals surface area contributed by atoms with Crippen LogP contribution in [0.1, 0.15) is 24.8 Å². The average Bonchev–Trinajstić information content (AvgIpc) is 2.87. The Morgan fingerprint density at radius 2 is 1.95 bits per heavy atom. The van der Waals surface area contributed by atoms with Crippen LogP contribution in [0.4, 0.5) is 5.82 Å². The van der Waals surface area contributed by atoms with Crippen LogP contribution in [-0.2, 0) is 0 Å². The molecule has 22 heavy (non-hydrogen) atoms. The number of pyridine rings is 1. The maximum absolute atomic E-state index is 4.95. The maximum Gasteiger partial charge on any atom is 0.129 e. The molecule has 0 N–H and O–H groups in total. The number of rotatable bonds is 1. The Morgan fingerprint density at radius 3 is 2.77 bits per heavy atom. The number of aromatic nitrogens is 1. The van der Waals surface area contributed by atoms with Crippen LogP contribution in [0.15, 0.2) is 30.3 Å². The molecule has 1 aromatic carbocycles. The van der Waals surface area contributed by atoms with Crippen LogP contribution in [0.25, 0.3) is 10.9 Å². The standard InChI is InChI=1S/C19H25N3/c1-15-12-18(20-17-7-4-3-6-16(15)17)22-10-5-8-19(14-22)9-11-21(2)13-19/h3-4,6-7,12H,5,8-11,13-14H2,1-2H3. The summed E-state index contributed by atoms with van der Waals surface area (Å²) in [5.74, 6) is 1.17. The minimum atomic E-state index is 0.494. The van der Waals surface area contributed by atoms with Crippen molar-refractivity contribution in [3.05, 3.63) is 35.9 Å². The van der Waals surface area contributed by atoms with E-state index < -0.39 is 0 Å². The molecule has 0 saturated carbocycles. The number of anilines is 1. The number of aryl methyl sites for hydroxylation is 1. The van der Waals surface area contributed by atoms with E-state index in [0.717, 1.165) is 12.1 Å². The molecule has 0 aliphatic carbocycles. The Labute approximate surface area is 132 Å². The third-order valence-electron chi connectivity index (χ3n) is 5.52. The molecular weight excluding hydrogens is 270 g/mol. The van der Waals surface area contributed by atoms with Crippen molar-refractivity contribution in [3.8, 4) is 0 Å². The van der Waals surface area contributed by atoms with Crippen molar-refractivity contribution in [3.63, 3.8) is 0 Å². The van der Waals surface area contributed by atoms with Gasteiger partial charge in [-0.05, 0) is 57.5 Å². The van der Waals surface area contributed by atoms with Crippen LogP contribution < -0.4 is 4.90 Å². The molecule has 2 aliphatic heterocycles. The summed E-state index contributed by atoms with van der Waals surface area (Å²) in [7, 11) is 2.26. The van der Waals surface area contributed by atoms with Crippen LogP contribution in [0.5, 0.6) is 0 Å². The topological polar surface area (TPSA) is 19.4 Å². The molecule has 1 atom stereocenters. The van der Waals surface area contributed by atoms with Gasteiger partial charge in [0.15, 0.2) is 0 Å². The highest BCUT2D eigenvalue weighted by atomic mass is 15.2. The number of piperidine rings is 1. The molecule has 2 saturated heterocycles. The van der Waals surface area contributed by atoms with E-state index in [0.29, 0.717) is 5.41 Å². The number of nitrogens with zero attached hydrogens (tertiary/aromatic N) is 3. The molecule has 1 aromatic heterocycles. The Bertz CT molecular complexity index is 692. The highest BCUT2D eigenvalue weighted by Crippen LogP contribution is 2.39. The van der Waals surface area contributed by atoms with Crippen LogP contribution in [-0.4, -0.2) is 43.1 Å². The second-order valence-electron chi connectivity index (χ2n) is 7.33. The van der Waals surface area contributed by atoms with Crippen LogP contribution in [0.3, 0.4) is 0 Å². The SMILES string of the molecule is Cc1cc(N2CCCC3(CCN(C)C3)C2)nc2ccccc12. The molecule has 4 rings (SSSR count). The smallest absolute Gasteiger partial charge is 0.129 e. The van der Waals surface area contributed by atoms with Crippen molar-refractivity contribution in [1.29, 1.82) is 0 Å². The normalized spacial score (nSPS) is 26.2. The van der Waals surface area contributed by atoms with Gasteiger partial charge in [0, 0.05) is 30.4 Å². The highest BCUT2D eigenvalue weighted by molar-refractivity contribution is 5.83. The molecule has 3 heterocycles. The monoisotopic (exact) mass is 295 g/mol. The summed E-state index contributed by atoms with van der Waals surface area (Å²) < 4.78 is 0. The van der Waals surface area contributed by atoms with E-state index in [1.807, 2.05) is 0 Å². The lowest BCUT2D eigenvalue weighted by molar-refractivity contribution is 0.233. The maximum atomic E-state index is 4.95. The van der Waals surface area contributed by atoms with E-state index in [2.05, 4.69) is 54.1 Å². The van der Waals surface area contributed by atoms with Gasteiger partial charge in [0.1, 0.15) is 5.82 Å². The van der Waals surface area contributed by atoms with Crippen molar-refractivity contribution >= 4 is 16.7 Å². The van der Waals surface area contributed by atoms with E-state index >= 15 is 0 Å². The molecule has 0 bridgehead atoms. The van der Waals surface area contributed by atoms with Gasteiger partial charge in [-0.2, -0.15) is 0 Å². The van der Waals surface area contributed by atoms with Crippen LogP contribution in [0, 0.1) is 12.3 Å². The molecule has 2 aliphatic rings. The third kappa shape index (κ3) is 2.38. The fourth-order valence-corrected chi connectivity index (χ4v) is 4.39. The lowest BCUT2D eigenvalue weighted by atomic mass is 9.79. The van der Waals surface area contributed by atoms with Gasteiger partial charge in [0.2, 0.25) is 0 Å². The Kier molecular flexibility index (Phi) is 3.33. The quantitative estimate of drug-likeness (QED) is 0.803. The third-order valence-corrected chi connectivity index (χ3v) is 5.52. The van der Waals surface area contributed by atoms with Crippen molar-refractivity contribution in [1.82, 2.24) is 9.88 Å². The van der Waals surface area contributed by atoms with E-state index in [9.17, 15) is 0 Å². The van der Waals surface area contributed by atoms with Gasteiger partial charge in [-0.15, -0.1) is 0 Å². The zero-order valence-electron chi connectivity index (χ0n) is 13.7. The Balaban J connectivity index is 1.66. The van der Waals surface area contributed by atoms with Gasteiger partial charge in [-0.1, -0.05) is 18.2 Å². The summed E-state index contributed by atoms with van der Waals surface area (Å²) in [6, 6.07) is 10.8. The number of para-hydroxylation sites is 1. The van der Waals surface area contributed by atoms with E-state index in [-0.39, 0.29) is 0 Å². The zero-order chi connectivity index (χ0) is 15.2. The first-order valence-corrected chi connectivity index (χ1v) is 8.45. The molecule has 1 spiro atoms. The largest absolute Gasteiger partial charge is 0.356 e. The summed E-state index contributed by atoms with van der Waals surface area (Å²) in [6.07, 6.45) is 4.01. The van der Waals surface area contributed by atoms with E-state index in [4.69, 9.17) is 4.98 Å². The summed E-state index contributed by atoms with van der Waals surface area (Å²) in [4.78, 5) is 9.96. The Hall–Kier alpha value is -1.61. The molecule has 0 radical (unpaired) electrons. The predicted octanol–water partition coefficient (Wildman–Crippen LogP) is 3.47. The van der Waals surface area contributed by atoms with Crippen molar-refractivity contribution in [2.45, 2.75) is 26.2 Å². The number of hydrogen-bond acceptors (Lipinski definition) is 3. The molecule has 0 amide bonds. The predicted molar refractivity (Wildman–Crippen MR) is 92.5 cm³/mol. The molecule has 3 heteroatoms. The van der Waals surface area contributed by atoms with Gasteiger partial charge in [-0.3, -0.25) is 0 Å². The molecule has 116 valence electrons. The summed E-state index contributed by atoms with van der Waals surface area (Å²) in [5.41, 5.74) is 2.96. The van der Waals surface area contributed by atoms with Gasteiger partial charge >= 0.3 is 0 Å². The number of benzene rings is 1. The molecule has 2 aromatic rings. The molecule has 3 nitrogen and oxygen atoms in total. The van der Waals surface area contributed by atoms with Gasteiger partial charge in [0.05, 0.1) is 5.52 Å². The summed E-state index contributed by atoms with van der Waals surface area (Å²) in [6.45, 7) is 7.02. The first-order chi connectivity index (χ1) is 10.7. The van der Waals surface area contributed by atoms with Crippen LogP contribution >= 0.6 is 0 Å². The van der Waals surface area contributed by atoms with Gasteiger partial charge in [0.25, 0.3) is 0 Å². The van der Waals surface area contributed by atoms with Gasteiger partial charge in [-0.25, -0.2) is 4.98 Å². The minimum absolute atomic E-state index is 0.494. The molecule has 2 fully saturated rings. The number of likely N-dealkylation sites (tertiary alicyclic amines) is 1. The number of hydrogen-bond donors (Lipinski definition) is 0. The fraction of sp³-hybridized carbons (Fsp3) is 0.526. The zero-order valence-corrected chi connectivity index (χ0v) is 13.7. The summed E-state index contributed by atoms with van der Waals surface area (Å²) in [5, 5.41) is 1.28. The van der Waals surface area contributed by atoms with Crippen molar-refractivity contribution < 1.29 is 0 Å². The highest BCUT2D eigenvalue weighted by Gasteiger charge is 2.40. The number of fused-ring (bicyclic) bond motifs is 1. The second-order valence-corrected chi connectivity index (χ2v) is 7.33.